The van der Waals surface area contributed by atoms with Gasteiger partial charge in [-0.25, -0.2) is 0 Å². The van der Waals surface area contributed by atoms with Crippen LogP contribution in [0.3, 0.4) is 0 Å². The van der Waals surface area contributed by atoms with Crippen LogP contribution in [-0.2, 0) is 0 Å². The Hall–Kier alpha value is -2.40. The highest BCUT2D eigenvalue weighted by molar-refractivity contribution is 9.10. The molecule has 0 unspecified atom stereocenters. The first-order chi connectivity index (χ1) is 10.5. The highest BCUT2D eigenvalue weighted by Crippen LogP contribution is 2.24. The lowest BCUT2D eigenvalue weighted by atomic mass is 10.1. The number of benzene rings is 2. The minimum absolute atomic E-state index is 0.162. The van der Waals surface area contributed by atoms with E-state index >= 15 is 0 Å². The van der Waals surface area contributed by atoms with Crippen LogP contribution in [0, 0.1) is 6.92 Å². The molecule has 2 aromatic carbocycles. The standard InChI is InChI=1S/C17H14BrN3O/c1-10-8-15(19)14-9-13(6-7-16(14)20-10)21-17(22)11-2-4-12(18)5-3-11/h2-9H,1H3,(H2,19,20)(H,21,22). The largest absolute Gasteiger partial charge is 0.398 e. The Bertz CT molecular complexity index is 860. The Morgan fingerprint density at radius 2 is 1.86 bits per heavy atom. The third kappa shape index (κ3) is 2.94. The molecule has 0 saturated carbocycles. The Labute approximate surface area is 136 Å². The number of hydrogen-bond donors (Lipinski definition) is 2. The molecule has 110 valence electrons. The summed E-state index contributed by atoms with van der Waals surface area (Å²) in [5.41, 5.74) is 9.66. The third-order valence-electron chi connectivity index (χ3n) is 3.33. The van der Waals surface area contributed by atoms with Gasteiger partial charge in [0.1, 0.15) is 0 Å². The van der Waals surface area contributed by atoms with E-state index in [9.17, 15) is 4.79 Å². The first kappa shape index (κ1) is 14.5. The predicted molar refractivity (Wildman–Crippen MR) is 93.0 cm³/mol. The molecular weight excluding hydrogens is 342 g/mol. The van der Waals surface area contributed by atoms with E-state index in [1.807, 2.05) is 43.3 Å². The van der Waals surface area contributed by atoms with E-state index in [0.29, 0.717) is 16.9 Å². The van der Waals surface area contributed by atoms with Crippen LogP contribution < -0.4 is 11.1 Å². The van der Waals surface area contributed by atoms with Crippen molar-refractivity contribution in [3.8, 4) is 0 Å². The predicted octanol–water partition coefficient (Wildman–Crippen LogP) is 4.14. The number of pyridine rings is 1. The average molecular weight is 356 g/mol. The number of nitrogens with zero attached hydrogens (tertiary/aromatic N) is 1. The van der Waals surface area contributed by atoms with Gasteiger partial charge >= 0.3 is 0 Å². The van der Waals surface area contributed by atoms with Crippen molar-refractivity contribution in [1.82, 2.24) is 4.98 Å². The summed E-state index contributed by atoms with van der Waals surface area (Å²) in [5.74, 6) is -0.162. The Morgan fingerprint density at radius 1 is 1.14 bits per heavy atom. The van der Waals surface area contributed by atoms with E-state index in [4.69, 9.17) is 5.73 Å². The number of carbonyl (C=O) groups is 1. The number of amides is 1. The van der Waals surface area contributed by atoms with Crippen molar-refractivity contribution in [3.63, 3.8) is 0 Å². The molecule has 0 atom stereocenters. The maximum atomic E-state index is 12.2. The van der Waals surface area contributed by atoms with Gasteiger partial charge in [-0.05, 0) is 55.5 Å². The summed E-state index contributed by atoms with van der Waals surface area (Å²) in [6, 6.07) is 14.5. The van der Waals surface area contributed by atoms with E-state index in [0.717, 1.165) is 21.1 Å². The number of anilines is 2. The molecule has 5 heteroatoms. The molecule has 0 saturated heterocycles. The molecule has 0 radical (unpaired) electrons. The van der Waals surface area contributed by atoms with Crippen molar-refractivity contribution < 1.29 is 4.79 Å². The van der Waals surface area contributed by atoms with Crippen molar-refractivity contribution in [3.05, 3.63) is 64.3 Å². The maximum absolute atomic E-state index is 12.2. The second kappa shape index (κ2) is 5.77. The van der Waals surface area contributed by atoms with Crippen molar-refractivity contribution >= 4 is 44.1 Å². The number of nitrogens with one attached hydrogen (secondary N) is 1. The molecule has 4 nitrogen and oxygen atoms in total. The molecule has 0 aliphatic rings. The monoisotopic (exact) mass is 355 g/mol. The zero-order chi connectivity index (χ0) is 15.7. The van der Waals surface area contributed by atoms with Gasteiger partial charge in [0.05, 0.1) is 5.52 Å². The topological polar surface area (TPSA) is 68.0 Å². The number of nitrogen functional groups attached to an aromatic ring is 1. The zero-order valence-electron chi connectivity index (χ0n) is 11.9. The smallest absolute Gasteiger partial charge is 0.255 e. The number of carbonyl (C=O) groups excluding carboxylic acids is 1. The summed E-state index contributed by atoms with van der Waals surface area (Å²) in [5, 5.41) is 3.71. The van der Waals surface area contributed by atoms with Crippen molar-refractivity contribution in [2.24, 2.45) is 0 Å². The summed E-state index contributed by atoms with van der Waals surface area (Å²) in [7, 11) is 0. The van der Waals surface area contributed by atoms with Gasteiger partial charge in [-0.1, -0.05) is 15.9 Å². The lowest BCUT2D eigenvalue weighted by molar-refractivity contribution is 0.102. The normalized spacial score (nSPS) is 10.6. The summed E-state index contributed by atoms with van der Waals surface area (Å²) < 4.78 is 0.934. The van der Waals surface area contributed by atoms with Crippen LogP contribution in [0.5, 0.6) is 0 Å². The number of aryl methyl sites for hydroxylation is 1. The van der Waals surface area contributed by atoms with E-state index in [-0.39, 0.29) is 5.91 Å². The lowest BCUT2D eigenvalue weighted by Gasteiger charge is -2.08. The molecule has 0 aliphatic heterocycles. The third-order valence-corrected chi connectivity index (χ3v) is 3.86. The van der Waals surface area contributed by atoms with Crippen LogP contribution >= 0.6 is 15.9 Å². The number of hydrogen-bond acceptors (Lipinski definition) is 3. The minimum atomic E-state index is -0.162. The van der Waals surface area contributed by atoms with Crippen molar-refractivity contribution in [2.45, 2.75) is 6.92 Å². The molecule has 0 aliphatic carbocycles. The summed E-state index contributed by atoms with van der Waals surface area (Å²) >= 11 is 3.35. The first-order valence-corrected chi connectivity index (χ1v) is 7.56. The Morgan fingerprint density at radius 3 is 2.59 bits per heavy atom. The Kier molecular flexibility index (Phi) is 3.81. The number of halogens is 1. The van der Waals surface area contributed by atoms with Crippen molar-refractivity contribution in [2.75, 3.05) is 11.1 Å². The van der Waals surface area contributed by atoms with Crippen LogP contribution in [0.25, 0.3) is 10.9 Å². The molecule has 1 amide bonds. The molecule has 3 aromatic rings. The van der Waals surface area contributed by atoms with E-state index < -0.39 is 0 Å². The van der Waals surface area contributed by atoms with Gasteiger partial charge in [0.25, 0.3) is 5.91 Å². The second-order valence-corrected chi connectivity index (χ2v) is 5.96. The average Bonchev–Trinajstić information content (AvgIpc) is 2.48. The fraction of sp³-hybridized carbons (Fsp3) is 0.0588. The maximum Gasteiger partial charge on any atom is 0.255 e. The van der Waals surface area contributed by atoms with Crippen LogP contribution in [0.2, 0.25) is 0 Å². The molecule has 3 rings (SSSR count). The summed E-state index contributed by atoms with van der Waals surface area (Å²) in [6.07, 6.45) is 0. The fourth-order valence-electron chi connectivity index (χ4n) is 2.27. The fourth-order valence-corrected chi connectivity index (χ4v) is 2.54. The molecule has 1 heterocycles. The van der Waals surface area contributed by atoms with Gasteiger partial charge in [-0.15, -0.1) is 0 Å². The number of rotatable bonds is 2. The Balaban J connectivity index is 1.90. The van der Waals surface area contributed by atoms with Crippen LogP contribution in [0.15, 0.2) is 53.0 Å². The SMILES string of the molecule is Cc1cc(N)c2cc(NC(=O)c3ccc(Br)cc3)ccc2n1. The molecule has 0 spiro atoms. The van der Waals surface area contributed by atoms with Crippen LogP contribution in [0.4, 0.5) is 11.4 Å². The number of nitrogens with two attached hydrogens (primary N) is 1. The highest BCUT2D eigenvalue weighted by Gasteiger charge is 2.08. The number of fused-ring (bicyclic) bond motifs is 1. The molecule has 1 aromatic heterocycles. The van der Waals surface area contributed by atoms with Gasteiger partial charge < -0.3 is 11.1 Å². The molecule has 22 heavy (non-hydrogen) atoms. The zero-order valence-corrected chi connectivity index (χ0v) is 13.5. The lowest BCUT2D eigenvalue weighted by Crippen LogP contribution is -2.11. The van der Waals surface area contributed by atoms with E-state index in [1.54, 1.807) is 12.1 Å². The van der Waals surface area contributed by atoms with Crippen LogP contribution in [0.1, 0.15) is 16.1 Å². The van der Waals surface area contributed by atoms with Crippen molar-refractivity contribution in [1.29, 1.82) is 0 Å². The quantitative estimate of drug-likeness (QED) is 0.725. The van der Waals surface area contributed by atoms with Gasteiger partial charge in [-0.2, -0.15) is 0 Å². The molecular formula is C17H14BrN3O. The summed E-state index contributed by atoms with van der Waals surface area (Å²) in [4.78, 5) is 16.7. The van der Waals surface area contributed by atoms with Gasteiger partial charge in [-0.3, -0.25) is 9.78 Å². The van der Waals surface area contributed by atoms with Crippen LogP contribution in [-0.4, -0.2) is 10.9 Å². The molecule has 0 bridgehead atoms. The molecule has 0 fully saturated rings. The first-order valence-electron chi connectivity index (χ1n) is 6.77. The summed E-state index contributed by atoms with van der Waals surface area (Å²) in [6.45, 7) is 1.90. The molecule has 3 N–H and O–H groups in total. The minimum Gasteiger partial charge on any atom is -0.398 e. The van der Waals surface area contributed by atoms with E-state index in [2.05, 4.69) is 26.2 Å². The second-order valence-electron chi connectivity index (χ2n) is 5.05. The highest BCUT2D eigenvalue weighted by atomic mass is 79.9. The van der Waals surface area contributed by atoms with Gasteiger partial charge in [0.2, 0.25) is 0 Å². The van der Waals surface area contributed by atoms with E-state index in [1.165, 1.54) is 0 Å². The van der Waals surface area contributed by atoms with Gasteiger partial charge in [0.15, 0.2) is 0 Å². The van der Waals surface area contributed by atoms with Gasteiger partial charge in [0, 0.05) is 32.5 Å². The number of aromatic nitrogens is 1.